The number of aromatic nitrogens is 1. The largest absolute Gasteiger partial charge is 0.438 e. The maximum absolute atomic E-state index is 12.5. The van der Waals surface area contributed by atoms with Crippen molar-refractivity contribution in [2.75, 3.05) is 16.8 Å². The van der Waals surface area contributed by atoms with Gasteiger partial charge in [0.1, 0.15) is 11.3 Å². The van der Waals surface area contributed by atoms with Crippen molar-refractivity contribution < 1.29 is 19.2 Å². The lowest BCUT2D eigenvalue weighted by Gasteiger charge is -2.38. The molecule has 3 rings (SSSR count). The highest BCUT2D eigenvalue weighted by atomic mass is 16.6. The van der Waals surface area contributed by atoms with Crippen molar-refractivity contribution >= 4 is 29.1 Å². The molecular weight excluding hydrogens is 376 g/mol. The maximum Gasteiger partial charge on any atom is 0.415 e. The summed E-state index contributed by atoms with van der Waals surface area (Å²) in [7, 11) is 0. The number of carbonyl (C=O) groups excluding carboxylic acids is 2. The van der Waals surface area contributed by atoms with Gasteiger partial charge in [-0.1, -0.05) is 13.3 Å². The van der Waals surface area contributed by atoms with Crippen LogP contribution in [0, 0.1) is 10.1 Å². The van der Waals surface area contributed by atoms with Crippen LogP contribution >= 0.6 is 0 Å². The summed E-state index contributed by atoms with van der Waals surface area (Å²) in [6.45, 7) is 5.79. The van der Waals surface area contributed by atoms with E-state index >= 15 is 0 Å². The quantitative estimate of drug-likeness (QED) is 0.575. The van der Waals surface area contributed by atoms with Crippen molar-refractivity contribution in [2.45, 2.75) is 39.2 Å². The summed E-state index contributed by atoms with van der Waals surface area (Å²) in [4.78, 5) is 41.4. The smallest absolute Gasteiger partial charge is 0.415 e. The van der Waals surface area contributed by atoms with Crippen LogP contribution in [0.5, 0.6) is 0 Å². The van der Waals surface area contributed by atoms with Gasteiger partial charge in [0.15, 0.2) is 0 Å². The Labute approximate surface area is 167 Å². The Balaban J connectivity index is 2.08. The average molecular weight is 398 g/mol. The van der Waals surface area contributed by atoms with Crippen LogP contribution in [-0.2, 0) is 10.3 Å². The van der Waals surface area contributed by atoms with E-state index in [9.17, 15) is 19.7 Å². The van der Waals surface area contributed by atoms with E-state index in [1.54, 1.807) is 13.8 Å². The summed E-state index contributed by atoms with van der Waals surface area (Å²) in [5.74, 6) is -0.496. The molecule has 0 bridgehead atoms. The fraction of sp³-hybridized carbons (Fsp3) is 0.350. The van der Waals surface area contributed by atoms with E-state index in [0.29, 0.717) is 23.4 Å². The van der Waals surface area contributed by atoms with Crippen LogP contribution in [0.4, 0.5) is 21.9 Å². The van der Waals surface area contributed by atoms with E-state index in [1.165, 1.54) is 41.6 Å². The Morgan fingerprint density at radius 1 is 1.31 bits per heavy atom. The van der Waals surface area contributed by atoms with E-state index in [-0.39, 0.29) is 11.4 Å². The van der Waals surface area contributed by atoms with Gasteiger partial charge in [-0.3, -0.25) is 24.8 Å². The molecule has 0 saturated heterocycles. The highest BCUT2D eigenvalue weighted by Crippen LogP contribution is 2.44. The minimum Gasteiger partial charge on any atom is -0.438 e. The van der Waals surface area contributed by atoms with Gasteiger partial charge in [-0.2, -0.15) is 0 Å². The molecule has 29 heavy (non-hydrogen) atoms. The van der Waals surface area contributed by atoms with Gasteiger partial charge in [-0.15, -0.1) is 0 Å². The zero-order chi connectivity index (χ0) is 21.2. The summed E-state index contributed by atoms with van der Waals surface area (Å²) in [5, 5.41) is 14.3. The Morgan fingerprint density at radius 3 is 2.62 bits per heavy atom. The van der Waals surface area contributed by atoms with Gasteiger partial charge in [0.25, 0.3) is 11.6 Å². The molecule has 1 N–H and O–H groups in total. The van der Waals surface area contributed by atoms with E-state index < -0.39 is 22.5 Å². The highest BCUT2D eigenvalue weighted by Gasteiger charge is 2.40. The summed E-state index contributed by atoms with van der Waals surface area (Å²) >= 11 is 0. The first-order valence-electron chi connectivity index (χ1n) is 9.29. The highest BCUT2D eigenvalue weighted by molar-refractivity contribution is 6.06. The number of rotatable bonds is 6. The van der Waals surface area contributed by atoms with Crippen molar-refractivity contribution in [1.82, 2.24) is 4.98 Å². The second-order valence-corrected chi connectivity index (χ2v) is 7.22. The van der Waals surface area contributed by atoms with Crippen molar-refractivity contribution in [3.63, 3.8) is 0 Å². The van der Waals surface area contributed by atoms with E-state index in [4.69, 9.17) is 4.74 Å². The normalized spacial score (nSPS) is 14.7. The molecule has 152 valence electrons. The van der Waals surface area contributed by atoms with Gasteiger partial charge in [-0.05, 0) is 38.5 Å². The standard InChI is InChI=1S/C20H22N4O5/c1-4-5-10-23-16-12-17(24(27)28)15(11-14(16)20(2,3)29-19(23)26)22-18(25)13-6-8-21-9-7-13/h6-9,11-12H,4-5,10H2,1-3H3,(H,22,25). The lowest BCUT2D eigenvalue weighted by molar-refractivity contribution is -0.383. The van der Waals surface area contributed by atoms with Gasteiger partial charge in [-0.25, -0.2) is 4.79 Å². The Morgan fingerprint density at radius 2 is 2.00 bits per heavy atom. The third-order valence-electron chi connectivity index (χ3n) is 4.74. The Bertz CT molecular complexity index is 959. The lowest BCUT2D eigenvalue weighted by Crippen LogP contribution is -2.44. The number of fused-ring (bicyclic) bond motifs is 1. The monoisotopic (exact) mass is 398 g/mol. The number of ether oxygens (including phenoxy) is 1. The molecule has 2 amide bonds. The predicted molar refractivity (Wildman–Crippen MR) is 107 cm³/mol. The lowest BCUT2D eigenvalue weighted by atomic mass is 9.92. The summed E-state index contributed by atoms with van der Waals surface area (Å²) < 4.78 is 5.55. The summed E-state index contributed by atoms with van der Waals surface area (Å²) in [5.41, 5.74) is 0.0787. The van der Waals surface area contributed by atoms with Crippen LogP contribution in [0.3, 0.4) is 0 Å². The molecule has 1 aromatic carbocycles. The van der Waals surface area contributed by atoms with Gasteiger partial charge < -0.3 is 10.1 Å². The summed E-state index contributed by atoms with van der Waals surface area (Å²) in [6, 6.07) is 5.86. The number of unbranched alkanes of at least 4 members (excludes halogenated alkanes) is 1. The first kappa shape index (κ1) is 20.2. The van der Waals surface area contributed by atoms with Gasteiger partial charge in [0.05, 0.1) is 10.6 Å². The third-order valence-corrected chi connectivity index (χ3v) is 4.74. The van der Waals surface area contributed by atoms with Gasteiger partial charge >= 0.3 is 6.09 Å². The van der Waals surface area contributed by atoms with E-state index in [2.05, 4.69) is 10.3 Å². The van der Waals surface area contributed by atoms with Crippen LogP contribution in [0.25, 0.3) is 0 Å². The number of hydrogen-bond acceptors (Lipinski definition) is 6. The SMILES string of the molecule is CCCCN1C(=O)OC(C)(C)c2cc(NC(=O)c3ccncc3)c([N+](=O)[O-])cc21. The average Bonchev–Trinajstić information content (AvgIpc) is 2.68. The molecule has 9 heteroatoms. The van der Waals surface area contributed by atoms with Crippen LogP contribution in [-0.4, -0.2) is 28.5 Å². The van der Waals surface area contributed by atoms with Crippen LogP contribution < -0.4 is 10.2 Å². The molecule has 0 spiro atoms. The molecule has 0 saturated carbocycles. The molecule has 0 atom stereocenters. The van der Waals surface area contributed by atoms with Crippen LogP contribution in [0.1, 0.15) is 49.5 Å². The molecule has 0 unspecified atom stereocenters. The zero-order valence-corrected chi connectivity index (χ0v) is 16.5. The number of nitrogens with one attached hydrogen (secondary N) is 1. The Hall–Kier alpha value is -3.49. The number of nitrogens with zero attached hydrogens (tertiary/aromatic N) is 3. The summed E-state index contributed by atoms with van der Waals surface area (Å²) in [6.07, 6.45) is 3.96. The second-order valence-electron chi connectivity index (χ2n) is 7.22. The number of hydrogen-bond donors (Lipinski definition) is 1. The Kier molecular flexibility index (Phi) is 5.49. The molecule has 9 nitrogen and oxygen atoms in total. The van der Waals surface area contributed by atoms with Crippen LogP contribution in [0.15, 0.2) is 36.7 Å². The van der Waals surface area contributed by atoms with Crippen molar-refractivity contribution in [2.24, 2.45) is 0 Å². The molecule has 2 heterocycles. The zero-order valence-electron chi connectivity index (χ0n) is 16.5. The van der Waals surface area contributed by atoms with Crippen molar-refractivity contribution in [1.29, 1.82) is 0 Å². The van der Waals surface area contributed by atoms with E-state index in [0.717, 1.165) is 12.8 Å². The van der Waals surface area contributed by atoms with Gasteiger partial charge in [0, 0.05) is 36.1 Å². The molecule has 1 aromatic heterocycles. The topological polar surface area (TPSA) is 115 Å². The first-order chi connectivity index (χ1) is 13.7. The minimum atomic E-state index is -1.000. The fourth-order valence-corrected chi connectivity index (χ4v) is 3.19. The van der Waals surface area contributed by atoms with E-state index in [1.807, 2.05) is 6.92 Å². The second kappa shape index (κ2) is 7.86. The number of nitro groups is 1. The molecule has 1 aliphatic rings. The number of carbonyl (C=O) groups is 2. The van der Waals surface area contributed by atoms with Crippen molar-refractivity contribution in [3.8, 4) is 0 Å². The maximum atomic E-state index is 12.5. The molecule has 1 aliphatic heterocycles. The molecule has 0 fully saturated rings. The number of cyclic esters (lactones) is 1. The predicted octanol–water partition coefficient (Wildman–Crippen LogP) is 4.23. The third kappa shape index (κ3) is 4.03. The number of pyridine rings is 1. The van der Waals surface area contributed by atoms with Crippen molar-refractivity contribution in [3.05, 3.63) is 57.9 Å². The fourth-order valence-electron chi connectivity index (χ4n) is 3.19. The number of amides is 2. The molecule has 2 aromatic rings. The van der Waals surface area contributed by atoms with Gasteiger partial charge in [0.2, 0.25) is 0 Å². The number of nitro benzene ring substituents is 1. The first-order valence-corrected chi connectivity index (χ1v) is 9.29. The minimum absolute atomic E-state index is 0.0389. The number of benzene rings is 1. The molecule has 0 aliphatic carbocycles. The molecular formula is C20H22N4O5. The number of anilines is 2. The van der Waals surface area contributed by atoms with Crippen LogP contribution in [0.2, 0.25) is 0 Å². The molecule has 0 radical (unpaired) electrons.